The lowest BCUT2D eigenvalue weighted by atomic mass is 9.85. The largest absolute Gasteiger partial charge is 0.394 e. The Hall–Kier alpha value is -1.82. The summed E-state index contributed by atoms with van der Waals surface area (Å²) in [7, 11) is 0. The van der Waals surface area contributed by atoms with E-state index < -0.39 is 129 Å². The van der Waals surface area contributed by atoms with Gasteiger partial charge >= 0.3 is 0 Å². The van der Waals surface area contributed by atoms with Crippen LogP contribution in [0.15, 0.2) is 0 Å². The Morgan fingerprint density at radius 2 is 1.04 bits per heavy atom. The zero-order valence-corrected chi connectivity index (χ0v) is 27.5. The Balaban J connectivity index is 1.70. The molecular formula is C28H48ClN3O16. The van der Waals surface area contributed by atoms with Gasteiger partial charge in [0, 0.05) is 32.6 Å². The third-order valence-electron chi connectivity index (χ3n) is 8.70. The molecule has 0 bridgehead atoms. The van der Waals surface area contributed by atoms with Gasteiger partial charge in [-0.05, 0) is 0 Å². The summed E-state index contributed by atoms with van der Waals surface area (Å²) in [5, 5.41) is 79.1. The van der Waals surface area contributed by atoms with E-state index in [1.165, 1.54) is 20.8 Å². The molecular weight excluding hydrogens is 670 g/mol. The van der Waals surface area contributed by atoms with E-state index in [1.807, 2.05) is 0 Å². The number of aliphatic hydroxyl groups is 7. The summed E-state index contributed by atoms with van der Waals surface area (Å²) >= 11 is 5.92. The Morgan fingerprint density at radius 3 is 1.56 bits per heavy atom. The van der Waals surface area contributed by atoms with Gasteiger partial charge in [-0.15, -0.1) is 0 Å². The molecule has 10 N–H and O–H groups in total. The Kier molecular flexibility index (Phi) is 16.0. The molecule has 0 aliphatic carbocycles. The van der Waals surface area contributed by atoms with E-state index in [0.29, 0.717) is 0 Å². The van der Waals surface area contributed by atoms with Crippen LogP contribution in [0.5, 0.6) is 0 Å². The maximum atomic E-state index is 12.2. The predicted octanol–water partition coefficient (Wildman–Crippen LogP) is -5.38. The molecule has 6 unspecified atom stereocenters. The van der Waals surface area contributed by atoms with Crippen molar-refractivity contribution in [1.29, 1.82) is 0 Å². The lowest BCUT2D eigenvalue weighted by molar-refractivity contribution is -0.248. The molecule has 48 heavy (non-hydrogen) atoms. The number of nitrogens with one attached hydrogen (secondary N) is 3. The highest BCUT2D eigenvalue weighted by Crippen LogP contribution is 2.32. The predicted molar refractivity (Wildman–Crippen MR) is 160 cm³/mol. The molecule has 3 heterocycles. The summed E-state index contributed by atoms with van der Waals surface area (Å²) in [5.74, 6) is -3.22. The summed E-state index contributed by atoms with van der Waals surface area (Å²) in [6.45, 7) is 1.02. The number of hydrogen-bond acceptors (Lipinski definition) is 16. The summed E-state index contributed by atoms with van der Waals surface area (Å²) in [4.78, 5) is 35.5. The molecule has 15 atom stereocenters. The quantitative estimate of drug-likeness (QED) is 0.0757. The van der Waals surface area contributed by atoms with Crippen LogP contribution in [0.3, 0.4) is 0 Å². The minimum Gasteiger partial charge on any atom is -0.394 e. The van der Waals surface area contributed by atoms with Crippen LogP contribution < -0.4 is 16.0 Å². The lowest BCUT2D eigenvalue weighted by Crippen LogP contribution is -2.65. The van der Waals surface area contributed by atoms with E-state index in [-0.39, 0.29) is 26.4 Å². The van der Waals surface area contributed by atoms with Crippen molar-refractivity contribution in [3.8, 4) is 0 Å². The highest BCUT2D eigenvalue weighted by atomic mass is 35.5. The van der Waals surface area contributed by atoms with E-state index in [9.17, 15) is 50.1 Å². The minimum atomic E-state index is -1.58. The van der Waals surface area contributed by atoms with Gasteiger partial charge < -0.3 is 75.4 Å². The molecule has 3 aliphatic rings. The zero-order valence-electron chi connectivity index (χ0n) is 26.8. The molecule has 3 saturated heterocycles. The summed E-state index contributed by atoms with van der Waals surface area (Å²) in [6.07, 6.45) is -12.1. The molecule has 19 nitrogen and oxygen atoms in total. The van der Waals surface area contributed by atoms with Gasteiger partial charge in [-0.2, -0.15) is 0 Å². The van der Waals surface area contributed by atoms with Crippen molar-refractivity contribution >= 4 is 29.6 Å². The van der Waals surface area contributed by atoms with Crippen LogP contribution in [-0.4, -0.2) is 179 Å². The standard InChI is InChI=1S/C28H48ClN3O16/c1-11(36)30-21-19(46-18(6-35)25(40)26(21)41)9-44-8-15-17(5-34)45-20(22(27(15)48-29)31-12(2)37)10-43-7-14-16(4-33)47-28(42)23(24(14)39)32-13(3)38/h14-28,33-35,39-42H,4-10H2,1-3H3,(H,30,36)(H,31,37)(H,32,38)/t14-,15+,16?,17?,18?,19+,20+,21?,22?,23?,24+,25-,26-,27+,28-/m1/s1. The van der Waals surface area contributed by atoms with Crippen LogP contribution in [-0.2, 0) is 42.4 Å². The fourth-order valence-electron chi connectivity index (χ4n) is 6.34. The molecule has 0 aromatic rings. The van der Waals surface area contributed by atoms with E-state index in [1.54, 1.807) is 0 Å². The van der Waals surface area contributed by atoms with Gasteiger partial charge in [0.1, 0.15) is 42.7 Å². The first-order valence-corrected chi connectivity index (χ1v) is 15.8. The molecule has 20 heteroatoms. The van der Waals surface area contributed by atoms with Crippen molar-refractivity contribution in [2.45, 2.75) is 100 Å². The van der Waals surface area contributed by atoms with Crippen molar-refractivity contribution in [3.63, 3.8) is 0 Å². The maximum absolute atomic E-state index is 12.2. The molecule has 3 amide bonds. The third kappa shape index (κ3) is 10.1. The number of carbonyl (C=O) groups is 3. The van der Waals surface area contributed by atoms with Crippen molar-refractivity contribution in [2.75, 3.05) is 46.2 Å². The van der Waals surface area contributed by atoms with Crippen LogP contribution in [0.25, 0.3) is 0 Å². The summed E-state index contributed by atoms with van der Waals surface area (Å²) in [6, 6.07) is -3.23. The van der Waals surface area contributed by atoms with Gasteiger partial charge in [-0.1, -0.05) is 0 Å². The second kappa shape index (κ2) is 19.0. The van der Waals surface area contributed by atoms with Crippen molar-refractivity contribution in [1.82, 2.24) is 16.0 Å². The highest BCUT2D eigenvalue weighted by molar-refractivity contribution is 6.07. The number of hydrogen-bond donors (Lipinski definition) is 10. The van der Waals surface area contributed by atoms with Crippen molar-refractivity contribution in [2.24, 2.45) is 11.8 Å². The van der Waals surface area contributed by atoms with Gasteiger partial charge in [0.25, 0.3) is 0 Å². The number of aliphatic hydroxyl groups excluding tert-OH is 7. The van der Waals surface area contributed by atoms with E-state index in [0.717, 1.165) is 0 Å². The Morgan fingerprint density at radius 1 is 0.583 bits per heavy atom. The summed E-state index contributed by atoms with van der Waals surface area (Å²) in [5.41, 5.74) is 0. The van der Waals surface area contributed by atoms with Crippen LogP contribution in [0.2, 0.25) is 0 Å². The maximum Gasteiger partial charge on any atom is 0.217 e. The van der Waals surface area contributed by atoms with Crippen LogP contribution >= 0.6 is 11.9 Å². The fourth-order valence-corrected chi connectivity index (χ4v) is 6.58. The SMILES string of the molecule is CC(=O)NC1[C@H](COC[C@H]2C(CO)O[C@@H](COC[C@@H]3C(CO)O[C@@H](O)C(NC(C)=O)[C@H]3O)C(NC(C)=O)[C@H]2OCl)OC(CO)[C@@H](O)[C@@H]1O. The van der Waals surface area contributed by atoms with Crippen molar-refractivity contribution in [3.05, 3.63) is 0 Å². The molecule has 0 aromatic carbocycles. The van der Waals surface area contributed by atoms with Gasteiger partial charge in [-0.25, -0.2) is 0 Å². The van der Waals surface area contributed by atoms with Gasteiger partial charge in [0.05, 0.1) is 88.5 Å². The minimum absolute atomic E-state index is 0.196. The molecule has 0 radical (unpaired) electrons. The first kappa shape index (κ1) is 40.6. The second-order valence-electron chi connectivity index (χ2n) is 12.1. The summed E-state index contributed by atoms with van der Waals surface area (Å²) < 4.78 is 34.1. The normalized spacial score (nSPS) is 40.2. The van der Waals surface area contributed by atoms with Crippen LogP contribution in [0.1, 0.15) is 20.8 Å². The van der Waals surface area contributed by atoms with Gasteiger partial charge in [-0.3, -0.25) is 18.7 Å². The number of halogens is 1. The number of ether oxygens (including phenoxy) is 5. The number of rotatable bonds is 15. The molecule has 0 saturated carbocycles. The first-order chi connectivity index (χ1) is 22.8. The third-order valence-corrected chi connectivity index (χ3v) is 8.90. The fraction of sp³-hybridized carbons (Fsp3) is 0.893. The first-order valence-electron chi connectivity index (χ1n) is 15.5. The van der Waals surface area contributed by atoms with Crippen LogP contribution in [0.4, 0.5) is 0 Å². The Bertz CT molecular complexity index is 1050. The average Bonchev–Trinajstić information content (AvgIpc) is 3.03. The Labute approximate surface area is 281 Å². The molecule has 3 rings (SSSR count). The van der Waals surface area contributed by atoms with Crippen molar-refractivity contribution < 1.29 is 78.1 Å². The monoisotopic (exact) mass is 717 g/mol. The molecule has 0 aromatic heterocycles. The van der Waals surface area contributed by atoms with Gasteiger partial charge in [0.2, 0.25) is 17.7 Å². The number of amides is 3. The van der Waals surface area contributed by atoms with E-state index >= 15 is 0 Å². The highest BCUT2D eigenvalue weighted by Gasteiger charge is 2.49. The number of carbonyl (C=O) groups excluding carboxylic acids is 3. The zero-order chi connectivity index (χ0) is 35.7. The second-order valence-corrected chi connectivity index (χ2v) is 12.3. The average molecular weight is 718 g/mol. The molecule has 3 fully saturated rings. The van der Waals surface area contributed by atoms with Gasteiger partial charge in [0.15, 0.2) is 6.29 Å². The molecule has 278 valence electrons. The molecule has 3 aliphatic heterocycles. The van der Waals surface area contributed by atoms with E-state index in [2.05, 4.69) is 16.0 Å². The smallest absolute Gasteiger partial charge is 0.217 e. The lowest BCUT2D eigenvalue weighted by Gasteiger charge is -2.46. The molecule has 0 spiro atoms. The van der Waals surface area contributed by atoms with Crippen LogP contribution in [0, 0.1) is 11.8 Å². The topological polar surface area (TPSA) is 284 Å². The van der Waals surface area contributed by atoms with E-state index in [4.69, 9.17) is 39.8 Å².